The summed E-state index contributed by atoms with van der Waals surface area (Å²) in [5.74, 6) is -2.64. The van der Waals surface area contributed by atoms with E-state index in [1.54, 1.807) is 24.3 Å². The van der Waals surface area contributed by atoms with E-state index in [4.69, 9.17) is 0 Å². The molecule has 0 aliphatic heterocycles. The zero-order chi connectivity index (χ0) is 9.03. The highest BCUT2D eigenvalue weighted by Crippen LogP contribution is 2.21. The van der Waals surface area contributed by atoms with Gasteiger partial charge < -0.3 is 0 Å². The number of rotatable bonds is 3. The van der Waals surface area contributed by atoms with Crippen LogP contribution in [0.4, 0.5) is 8.78 Å². The molecule has 0 aliphatic rings. The smallest absolute Gasteiger partial charge is 0.206 e. The molecule has 0 amide bonds. The van der Waals surface area contributed by atoms with Gasteiger partial charge >= 0.3 is 0 Å². The molecule has 0 heterocycles. The van der Waals surface area contributed by atoms with Gasteiger partial charge in [0.2, 0.25) is 0 Å². The molecule has 0 aromatic heterocycles. The molecule has 0 unspecified atom stereocenters. The number of halogens is 3. The van der Waals surface area contributed by atoms with Gasteiger partial charge in [-0.15, -0.1) is 0 Å². The van der Waals surface area contributed by atoms with Crippen LogP contribution in [0.15, 0.2) is 30.3 Å². The minimum Gasteiger partial charge on any atom is -0.206 e. The molecule has 0 atom stereocenters. The first-order valence-corrected chi connectivity index (χ1v) is 4.74. The molecular weight excluding hydrogens is 226 g/mol. The van der Waals surface area contributed by atoms with Gasteiger partial charge in [0.25, 0.3) is 5.92 Å². The highest BCUT2D eigenvalue weighted by Gasteiger charge is 2.27. The van der Waals surface area contributed by atoms with Crippen molar-refractivity contribution >= 4 is 15.9 Å². The Labute approximate surface area is 78.7 Å². The van der Waals surface area contributed by atoms with Crippen LogP contribution in [-0.2, 0) is 6.42 Å². The molecule has 0 nitrogen and oxygen atoms in total. The van der Waals surface area contributed by atoms with E-state index >= 15 is 0 Å². The standard InChI is InChI=1S/C9H9BrF2/c10-7-9(11,12)6-8-4-2-1-3-5-8/h1-5H,6-7H2. The first kappa shape index (κ1) is 9.65. The third-order valence-corrected chi connectivity index (χ3v) is 2.32. The van der Waals surface area contributed by atoms with Crippen molar-refractivity contribution in [2.45, 2.75) is 12.3 Å². The van der Waals surface area contributed by atoms with Crippen molar-refractivity contribution < 1.29 is 8.78 Å². The van der Waals surface area contributed by atoms with Crippen molar-refractivity contribution in [3.8, 4) is 0 Å². The minimum absolute atomic E-state index is 0.195. The van der Waals surface area contributed by atoms with E-state index < -0.39 is 5.92 Å². The molecule has 0 saturated carbocycles. The van der Waals surface area contributed by atoms with Gasteiger partial charge in [-0.2, -0.15) is 0 Å². The monoisotopic (exact) mass is 234 g/mol. The second-order valence-electron chi connectivity index (χ2n) is 2.65. The fraction of sp³-hybridized carbons (Fsp3) is 0.333. The van der Waals surface area contributed by atoms with Crippen LogP contribution in [0.5, 0.6) is 0 Å². The maximum absolute atomic E-state index is 12.8. The van der Waals surface area contributed by atoms with Crippen LogP contribution in [0.25, 0.3) is 0 Å². The molecule has 1 aromatic rings. The SMILES string of the molecule is FC(F)(CBr)Cc1ccccc1. The zero-order valence-corrected chi connectivity index (χ0v) is 8.02. The van der Waals surface area contributed by atoms with Crippen LogP contribution in [0.3, 0.4) is 0 Å². The fourth-order valence-electron chi connectivity index (χ4n) is 0.942. The topological polar surface area (TPSA) is 0 Å². The van der Waals surface area contributed by atoms with E-state index in [9.17, 15) is 8.78 Å². The second-order valence-corrected chi connectivity index (χ2v) is 3.21. The Balaban J connectivity index is 2.64. The molecule has 0 saturated heterocycles. The van der Waals surface area contributed by atoms with Gasteiger partial charge in [-0.05, 0) is 5.56 Å². The van der Waals surface area contributed by atoms with Gasteiger partial charge in [-0.3, -0.25) is 0 Å². The summed E-state index contributed by atoms with van der Waals surface area (Å²) in [6.07, 6.45) is -0.195. The summed E-state index contributed by atoms with van der Waals surface area (Å²) in [6.45, 7) is 0. The Morgan fingerprint density at radius 2 is 1.75 bits per heavy atom. The average Bonchev–Trinajstić information content (AvgIpc) is 2.06. The molecule has 0 fully saturated rings. The fourth-order valence-corrected chi connectivity index (χ4v) is 1.14. The van der Waals surface area contributed by atoms with Crippen LogP contribution in [-0.4, -0.2) is 11.3 Å². The summed E-state index contributed by atoms with van der Waals surface area (Å²) in [5, 5.41) is -0.283. The number of hydrogen-bond donors (Lipinski definition) is 0. The van der Waals surface area contributed by atoms with Gasteiger partial charge in [0.1, 0.15) is 0 Å². The van der Waals surface area contributed by atoms with Crippen molar-refractivity contribution in [3.05, 3.63) is 35.9 Å². The van der Waals surface area contributed by atoms with E-state index in [1.807, 2.05) is 6.07 Å². The van der Waals surface area contributed by atoms with E-state index in [0.29, 0.717) is 5.56 Å². The van der Waals surface area contributed by atoms with Crippen LogP contribution in [0.2, 0.25) is 0 Å². The number of benzene rings is 1. The molecule has 0 bridgehead atoms. The Kier molecular flexibility index (Phi) is 3.20. The van der Waals surface area contributed by atoms with Crippen molar-refractivity contribution in [1.29, 1.82) is 0 Å². The number of hydrogen-bond acceptors (Lipinski definition) is 0. The average molecular weight is 235 g/mol. The second kappa shape index (κ2) is 3.99. The van der Waals surface area contributed by atoms with Gasteiger partial charge in [0, 0.05) is 6.42 Å². The van der Waals surface area contributed by atoms with Crippen LogP contribution >= 0.6 is 15.9 Å². The third kappa shape index (κ3) is 2.89. The lowest BCUT2D eigenvalue weighted by atomic mass is 10.1. The zero-order valence-electron chi connectivity index (χ0n) is 6.43. The summed E-state index contributed by atoms with van der Waals surface area (Å²) in [5.41, 5.74) is 0.668. The first-order chi connectivity index (χ1) is 5.64. The lowest BCUT2D eigenvalue weighted by Gasteiger charge is -2.12. The highest BCUT2D eigenvalue weighted by molar-refractivity contribution is 9.09. The normalized spacial score (nSPS) is 11.6. The quantitative estimate of drug-likeness (QED) is 0.705. The van der Waals surface area contributed by atoms with E-state index in [-0.39, 0.29) is 11.8 Å². The van der Waals surface area contributed by atoms with Gasteiger partial charge in [-0.25, -0.2) is 8.78 Å². The maximum atomic E-state index is 12.8. The van der Waals surface area contributed by atoms with Crippen molar-refractivity contribution in [2.75, 3.05) is 5.33 Å². The third-order valence-electron chi connectivity index (χ3n) is 1.50. The first-order valence-electron chi connectivity index (χ1n) is 3.62. The molecule has 0 spiro atoms. The molecule has 1 aromatic carbocycles. The lowest BCUT2D eigenvalue weighted by Crippen LogP contribution is -2.20. The summed E-state index contributed by atoms with van der Waals surface area (Å²) in [4.78, 5) is 0. The van der Waals surface area contributed by atoms with E-state index in [1.165, 1.54) is 0 Å². The Bertz CT molecular complexity index is 234. The molecule has 1 rings (SSSR count). The van der Waals surface area contributed by atoms with Gasteiger partial charge in [0.15, 0.2) is 0 Å². The van der Waals surface area contributed by atoms with Crippen molar-refractivity contribution in [2.24, 2.45) is 0 Å². The van der Waals surface area contributed by atoms with Crippen LogP contribution in [0, 0.1) is 0 Å². The summed E-state index contributed by atoms with van der Waals surface area (Å²) >= 11 is 2.78. The largest absolute Gasteiger partial charge is 0.261 e. The summed E-state index contributed by atoms with van der Waals surface area (Å²) in [6, 6.07) is 8.75. The van der Waals surface area contributed by atoms with Crippen molar-refractivity contribution in [3.63, 3.8) is 0 Å². The molecular formula is C9H9BrF2. The number of alkyl halides is 3. The van der Waals surface area contributed by atoms with Gasteiger partial charge in [0.05, 0.1) is 5.33 Å². The molecule has 0 N–H and O–H groups in total. The maximum Gasteiger partial charge on any atom is 0.261 e. The van der Waals surface area contributed by atoms with E-state index in [0.717, 1.165) is 0 Å². The lowest BCUT2D eigenvalue weighted by molar-refractivity contribution is 0.0294. The molecule has 0 aliphatic carbocycles. The Morgan fingerprint density at radius 1 is 1.17 bits per heavy atom. The summed E-state index contributed by atoms with van der Waals surface area (Å²) in [7, 11) is 0. The highest BCUT2D eigenvalue weighted by atomic mass is 79.9. The van der Waals surface area contributed by atoms with Gasteiger partial charge in [-0.1, -0.05) is 46.3 Å². The van der Waals surface area contributed by atoms with Crippen molar-refractivity contribution in [1.82, 2.24) is 0 Å². The predicted molar refractivity (Wildman–Crippen MR) is 48.9 cm³/mol. The predicted octanol–water partition coefficient (Wildman–Crippen LogP) is 3.26. The molecule has 3 heteroatoms. The summed E-state index contributed by atoms with van der Waals surface area (Å²) < 4.78 is 25.6. The molecule has 12 heavy (non-hydrogen) atoms. The minimum atomic E-state index is -2.64. The molecule has 66 valence electrons. The van der Waals surface area contributed by atoms with E-state index in [2.05, 4.69) is 15.9 Å². The Morgan fingerprint density at radius 3 is 2.25 bits per heavy atom. The molecule has 0 radical (unpaired) electrons. The Hall–Kier alpha value is -0.440. The van der Waals surface area contributed by atoms with Crippen LogP contribution < -0.4 is 0 Å². The van der Waals surface area contributed by atoms with Crippen LogP contribution in [0.1, 0.15) is 5.56 Å².